The van der Waals surface area contributed by atoms with Gasteiger partial charge in [0.05, 0.1) is 12.2 Å². The van der Waals surface area contributed by atoms with Gasteiger partial charge in [-0.1, -0.05) is 26.8 Å². The van der Waals surface area contributed by atoms with Crippen LogP contribution in [-0.4, -0.2) is 20.9 Å². The van der Waals surface area contributed by atoms with E-state index in [0.717, 1.165) is 10.7 Å². The molecule has 0 radical (unpaired) electrons. The third-order valence-electron chi connectivity index (χ3n) is 3.36. The van der Waals surface area contributed by atoms with Gasteiger partial charge in [-0.15, -0.1) is 22.7 Å². The monoisotopic (exact) mass is 373 g/mol. The van der Waals surface area contributed by atoms with Crippen LogP contribution in [-0.2, 0) is 12.0 Å². The van der Waals surface area contributed by atoms with Crippen LogP contribution in [0.2, 0.25) is 0 Å². The standard InChI is InChI=1S/C17H19N5OS2/c1-17(2,3)12-10-24-14(21-12)8-19-15(23)11-9-25-16(20-11)22-13-6-4-5-7-18-13/h4-7,9-10H,8H2,1-3H3,(H,19,23)(H,18,20,22). The van der Waals surface area contributed by atoms with Crippen molar-refractivity contribution in [2.45, 2.75) is 32.7 Å². The number of pyridine rings is 1. The van der Waals surface area contributed by atoms with Crippen LogP contribution >= 0.6 is 22.7 Å². The highest BCUT2D eigenvalue weighted by Gasteiger charge is 2.18. The molecule has 0 unspecified atom stereocenters. The maximum Gasteiger partial charge on any atom is 0.271 e. The van der Waals surface area contributed by atoms with Crippen molar-refractivity contribution in [2.75, 3.05) is 5.32 Å². The van der Waals surface area contributed by atoms with E-state index >= 15 is 0 Å². The Morgan fingerprint density at radius 3 is 2.68 bits per heavy atom. The topological polar surface area (TPSA) is 79.8 Å². The minimum Gasteiger partial charge on any atom is -0.344 e. The smallest absolute Gasteiger partial charge is 0.271 e. The summed E-state index contributed by atoms with van der Waals surface area (Å²) in [6.07, 6.45) is 1.70. The largest absolute Gasteiger partial charge is 0.344 e. The first-order valence-electron chi connectivity index (χ1n) is 7.78. The van der Waals surface area contributed by atoms with E-state index in [0.29, 0.717) is 23.2 Å². The molecule has 1 amide bonds. The third kappa shape index (κ3) is 4.61. The van der Waals surface area contributed by atoms with Crippen molar-refractivity contribution in [3.8, 4) is 0 Å². The van der Waals surface area contributed by atoms with Gasteiger partial charge in [-0.3, -0.25) is 4.79 Å². The maximum atomic E-state index is 12.3. The number of nitrogens with zero attached hydrogens (tertiary/aromatic N) is 3. The molecule has 0 fully saturated rings. The summed E-state index contributed by atoms with van der Waals surface area (Å²) in [5.74, 6) is 0.485. The first kappa shape index (κ1) is 17.5. The van der Waals surface area contributed by atoms with Crippen molar-refractivity contribution in [3.63, 3.8) is 0 Å². The van der Waals surface area contributed by atoms with Crippen molar-refractivity contribution in [1.29, 1.82) is 0 Å². The highest BCUT2D eigenvalue weighted by Crippen LogP contribution is 2.24. The first-order chi connectivity index (χ1) is 11.9. The van der Waals surface area contributed by atoms with Gasteiger partial charge in [0, 0.05) is 22.4 Å². The summed E-state index contributed by atoms with van der Waals surface area (Å²) in [5.41, 5.74) is 1.44. The molecular weight excluding hydrogens is 354 g/mol. The zero-order valence-corrected chi connectivity index (χ0v) is 15.9. The van der Waals surface area contributed by atoms with Crippen molar-refractivity contribution >= 4 is 39.5 Å². The van der Waals surface area contributed by atoms with Gasteiger partial charge in [-0.05, 0) is 12.1 Å². The average molecular weight is 374 g/mol. The number of hydrogen-bond acceptors (Lipinski definition) is 7. The fourth-order valence-electron chi connectivity index (χ4n) is 1.96. The molecule has 25 heavy (non-hydrogen) atoms. The average Bonchev–Trinajstić information content (AvgIpc) is 3.22. The van der Waals surface area contributed by atoms with E-state index in [2.05, 4.69) is 46.4 Å². The van der Waals surface area contributed by atoms with Crippen LogP contribution in [0.4, 0.5) is 10.9 Å². The Labute approximate surface area is 154 Å². The molecule has 0 aliphatic heterocycles. The molecule has 6 nitrogen and oxygen atoms in total. The molecule has 3 aromatic heterocycles. The molecule has 0 atom stereocenters. The van der Waals surface area contributed by atoms with Crippen LogP contribution in [0, 0.1) is 0 Å². The number of thiazole rings is 2. The number of carbonyl (C=O) groups excluding carboxylic acids is 1. The normalized spacial score (nSPS) is 11.3. The van der Waals surface area contributed by atoms with Crippen LogP contribution in [0.3, 0.4) is 0 Å². The van der Waals surface area contributed by atoms with E-state index in [9.17, 15) is 4.79 Å². The summed E-state index contributed by atoms with van der Waals surface area (Å²) in [6, 6.07) is 5.57. The lowest BCUT2D eigenvalue weighted by Gasteiger charge is -2.14. The fraction of sp³-hybridized carbons (Fsp3) is 0.294. The van der Waals surface area contributed by atoms with Gasteiger partial charge in [0.2, 0.25) is 0 Å². The predicted molar refractivity (Wildman–Crippen MR) is 102 cm³/mol. The Morgan fingerprint density at radius 1 is 1.16 bits per heavy atom. The lowest BCUT2D eigenvalue weighted by molar-refractivity contribution is 0.0946. The molecule has 0 aromatic carbocycles. The van der Waals surface area contributed by atoms with Crippen LogP contribution < -0.4 is 10.6 Å². The number of aromatic nitrogens is 3. The van der Waals surface area contributed by atoms with Crippen LogP contribution in [0.5, 0.6) is 0 Å². The van der Waals surface area contributed by atoms with Gasteiger partial charge in [0.15, 0.2) is 5.13 Å². The Hall–Kier alpha value is -2.32. The summed E-state index contributed by atoms with van der Waals surface area (Å²) < 4.78 is 0. The summed E-state index contributed by atoms with van der Waals surface area (Å²) in [4.78, 5) is 25.3. The van der Waals surface area contributed by atoms with E-state index in [-0.39, 0.29) is 11.3 Å². The molecule has 0 saturated heterocycles. The first-order valence-corrected chi connectivity index (χ1v) is 9.54. The summed E-state index contributed by atoms with van der Waals surface area (Å²) in [5, 5.41) is 11.2. The second-order valence-electron chi connectivity index (χ2n) is 6.44. The fourth-order valence-corrected chi connectivity index (χ4v) is 3.62. The van der Waals surface area contributed by atoms with Gasteiger partial charge in [0.1, 0.15) is 16.5 Å². The summed E-state index contributed by atoms with van der Waals surface area (Å²) >= 11 is 2.92. The summed E-state index contributed by atoms with van der Waals surface area (Å²) in [6.45, 7) is 6.77. The van der Waals surface area contributed by atoms with Gasteiger partial charge in [0.25, 0.3) is 5.91 Å². The van der Waals surface area contributed by atoms with Gasteiger partial charge >= 0.3 is 0 Å². The van der Waals surface area contributed by atoms with Crippen LogP contribution in [0.15, 0.2) is 35.2 Å². The lowest BCUT2D eigenvalue weighted by atomic mass is 9.93. The third-order valence-corrected chi connectivity index (χ3v) is 4.96. The Bertz CT molecular complexity index is 851. The molecule has 0 aliphatic rings. The molecule has 0 spiro atoms. The lowest BCUT2D eigenvalue weighted by Crippen LogP contribution is -2.23. The summed E-state index contributed by atoms with van der Waals surface area (Å²) in [7, 11) is 0. The zero-order valence-electron chi connectivity index (χ0n) is 14.2. The molecule has 130 valence electrons. The molecule has 0 aliphatic carbocycles. The highest BCUT2D eigenvalue weighted by molar-refractivity contribution is 7.14. The number of anilines is 2. The minimum atomic E-state index is -0.210. The van der Waals surface area contributed by atoms with Gasteiger partial charge < -0.3 is 10.6 Å². The number of nitrogens with one attached hydrogen (secondary N) is 2. The quantitative estimate of drug-likeness (QED) is 0.707. The molecule has 3 aromatic rings. The van der Waals surface area contributed by atoms with E-state index in [1.807, 2.05) is 23.6 Å². The Morgan fingerprint density at radius 2 is 2.00 bits per heavy atom. The Kier molecular flexibility index (Phi) is 5.10. The number of amides is 1. The van der Waals surface area contributed by atoms with Gasteiger partial charge in [-0.2, -0.15) is 0 Å². The molecule has 0 saturated carbocycles. The van der Waals surface area contributed by atoms with Crippen LogP contribution in [0.1, 0.15) is 42.0 Å². The van der Waals surface area contributed by atoms with E-state index < -0.39 is 0 Å². The van der Waals surface area contributed by atoms with Crippen LogP contribution in [0.25, 0.3) is 0 Å². The molecular formula is C17H19N5OS2. The number of hydrogen-bond donors (Lipinski definition) is 2. The van der Waals surface area contributed by atoms with Crippen molar-refractivity contribution in [3.05, 3.63) is 51.6 Å². The molecule has 0 bridgehead atoms. The van der Waals surface area contributed by atoms with Crippen molar-refractivity contribution in [1.82, 2.24) is 20.3 Å². The zero-order chi connectivity index (χ0) is 17.9. The number of carbonyl (C=O) groups is 1. The minimum absolute atomic E-state index is 0.0136. The molecule has 2 N–H and O–H groups in total. The second kappa shape index (κ2) is 7.28. The molecule has 3 rings (SSSR count). The maximum absolute atomic E-state index is 12.3. The van der Waals surface area contributed by atoms with Crippen molar-refractivity contribution in [2.24, 2.45) is 0 Å². The predicted octanol–water partition coefficient (Wildman–Crippen LogP) is 3.97. The SMILES string of the molecule is CC(C)(C)c1csc(CNC(=O)c2csc(Nc3ccccn3)n2)n1. The van der Waals surface area contributed by atoms with E-state index in [1.54, 1.807) is 22.9 Å². The second-order valence-corrected chi connectivity index (χ2v) is 8.24. The van der Waals surface area contributed by atoms with Gasteiger partial charge in [-0.25, -0.2) is 15.0 Å². The van der Waals surface area contributed by atoms with Crippen molar-refractivity contribution < 1.29 is 4.79 Å². The highest BCUT2D eigenvalue weighted by atomic mass is 32.1. The van der Waals surface area contributed by atoms with E-state index in [4.69, 9.17) is 0 Å². The molecule has 3 heterocycles. The number of rotatable bonds is 5. The molecule has 8 heteroatoms. The van der Waals surface area contributed by atoms with E-state index in [1.165, 1.54) is 11.3 Å². The Balaban J connectivity index is 1.58.